The molecule has 1 aromatic rings. The number of anilines is 1. The molecular formula is C10H10F3N3. The summed E-state index contributed by atoms with van der Waals surface area (Å²) in [5.74, 6) is 4.66. The number of halogens is 3. The molecule has 0 spiro atoms. The number of pyridine rings is 1. The number of alkyl halides is 3. The van der Waals surface area contributed by atoms with E-state index in [9.17, 15) is 13.2 Å². The summed E-state index contributed by atoms with van der Waals surface area (Å²) < 4.78 is 37.3. The number of hydrogen-bond acceptors (Lipinski definition) is 3. The van der Waals surface area contributed by atoms with Gasteiger partial charge >= 0.3 is 6.18 Å². The van der Waals surface area contributed by atoms with Crippen molar-refractivity contribution in [2.24, 2.45) is 0 Å². The van der Waals surface area contributed by atoms with Crippen molar-refractivity contribution in [3.05, 3.63) is 23.4 Å². The summed E-state index contributed by atoms with van der Waals surface area (Å²) in [4.78, 5) is 3.46. The Morgan fingerprint density at radius 1 is 1.50 bits per heavy atom. The molecule has 3 nitrogen and oxygen atoms in total. The highest BCUT2D eigenvalue weighted by Gasteiger charge is 2.33. The predicted molar refractivity (Wildman–Crippen MR) is 54.5 cm³/mol. The Labute approximate surface area is 90.9 Å². The molecule has 0 unspecified atom stereocenters. The van der Waals surface area contributed by atoms with Gasteiger partial charge < -0.3 is 11.1 Å². The fourth-order valence-electron chi connectivity index (χ4n) is 1.01. The van der Waals surface area contributed by atoms with Crippen molar-refractivity contribution in [2.75, 3.05) is 19.3 Å². The van der Waals surface area contributed by atoms with Crippen LogP contribution in [0, 0.1) is 11.8 Å². The van der Waals surface area contributed by atoms with Gasteiger partial charge in [-0.05, 0) is 13.1 Å². The van der Waals surface area contributed by atoms with Crippen LogP contribution in [0.25, 0.3) is 0 Å². The second kappa shape index (κ2) is 4.86. The molecule has 0 atom stereocenters. The van der Waals surface area contributed by atoms with Crippen LogP contribution < -0.4 is 11.1 Å². The normalized spacial score (nSPS) is 10.8. The van der Waals surface area contributed by atoms with Crippen LogP contribution in [0.5, 0.6) is 0 Å². The zero-order chi connectivity index (χ0) is 12.2. The molecule has 16 heavy (non-hydrogen) atoms. The van der Waals surface area contributed by atoms with Crippen molar-refractivity contribution in [1.29, 1.82) is 0 Å². The molecule has 0 radical (unpaired) electrons. The number of nitrogens with one attached hydrogen (secondary N) is 1. The van der Waals surface area contributed by atoms with E-state index in [1.807, 2.05) is 0 Å². The molecule has 0 aliphatic rings. The van der Waals surface area contributed by atoms with E-state index in [0.717, 1.165) is 6.07 Å². The summed E-state index contributed by atoms with van der Waals surface area (Å²) in [7, 11) is 1.69. The topological polar surface area (TPSA) is 50.9 Å². The number of nitrogen functional groups attached to an aromatic ring is 1. The van der Waals surface area contributed by atoms with Crippen molar-refractivity contribution in [3.8, 4) is 11.8 Å². The van der Waals surface area contributed by atoms with Crippen LogP contribution in [0.1, 0.15) is 11.1 Å². The van der Waals surface area contributed by atoms with Crippen LogP contribution in [-0.2, 0) is 6.18 Å². The van der Waals surface area contributed by atoms with Crippen LogP contribution >= 0.6 is 0 Å². The van der Waals surface area contributed by atoms with Crippen LogP contribution in [0.15, 0.2) is 12.3 Å². The van der Waals surface area contributed by atoms with Crippen molar-refractivity contribution in [1.82, 2.24) is 10.3 Å². The maximum atomic E-state index is 12.4. The molecule has 0 fully saturated rings. The van der Waals surface area contributed by atoms with Gasteiger partial charge in [-0.15, -0.1) is 0 Å². The second-order valence-corrected chi connectivity index (χ2v) is 2.99. The van der Waals surface area contributed by atoms with Gasteiger partial charge in [0.25, 0.3) is 0 Å². The summed E-state index contributed by atoms with van der Waals surface area (Å²) in [6.07, 6.45) is -3.29. The fraction of sp³-hybridized carbons (Fsp3) is 0.300. The molecular weight excluding hydrogens is 219 g/mol. The molecule has 0 bridgehead atoms. The average Bonchev–Trinajstić information content (AvgIpc) is 2.19. The Morgan fingerprint density at radius 3 is 2.75 bits per heavy atom. The number of hydrogen-bond donors (Lipinski definition) is 2. The molecule has 0 aliphatic heterocycles. The lowest BCUT2D eigenvalue weighted by molar-refractivity contribution is -0.137. The highest BCUT2D eigenvalue weighted by molar-refractivity contribution is 5.47. The number of nitrogens with two attached hydrogens (primary N) is 1. The molecule has 3 N–H and O–H groups in total. The Balaban J connectivity index is 3.05. The van der Waals surface area contributed by atoms with Gasteiger partial charge in [-0.1, -0.05) is 11.8 Å². The standard InChI is InChI=1S/C10H10F3N3/c1-15-4-2-3-7-5-8(10(11,12)13)9(14)16-6-7/h5-6,15H,4H2,1H3,(H2,14,16). The molecule has 1 rings (SSSR count). The number of nitrogens with zero attached hydrogens (tertiary/aromatic N) is 1. The lowest BCUT2D eigenvalue weighted by Crippen LogP contribution is -2.10. The van der Waals surface area contributed by atoms with Crippen LogP contribution in [0.3, 0.4) is 0 Å². The summed E-state index contributed by atoms with van der Waals surface area (Å²) in [5, 5.41) is 2.75. The van der Waals surface area contributed by atoms with Crippen molar-refractivity contribution in [2.45, 2.75) is 6.18 Å². The lowest BCUT2D eigenvalue weighted by atomic mass is 10.2. The van der Waals surface area contributed by atoms with Gasteiger partial charge in [0, 0.05) is 11.8 Å². The maximum Gasteiger partial charge on any atom is 0.419 e. The molecule has 86 valence electrons. The molecule has 1 aromatic heterocycles. The third-order valence-corrected chi connectivity index (χ3v) is 1.72. The third-order valence-electron chi connectivity index (χ3n) is 1.72. The molecule has 0 saturated carbocycles. The minimum absolute atomic E-state index is 0.191. The van der Waals surface area contributed by atoms with Gasteiger partial charge in [-0.2, -0.15) is 13.2 Å². The zero-order valence-corrected chi connectivity index (χ0v) is 8.52. The first-order chi connectivity index (χ1) is 7.45. The van der Waals surface area contributed by atoms with Crippen molar-refractivity contribution in [3.63, 3.8) is 0 Å². The monoisotopic (exact) mass is 229 g/mol. The Kier molecular flexibility index (Phi) is 3.74. The van der Waals surface area contributed by atoms with Gasteiger partial charge in [-0.3, -0.25) is 0 Å². The number of aromatic nitrogens is 1. The third kappa shape index (κ3) is 3.14. The van der Waals surface area contributed by atoms with Gasteiger partial charge in [-0.25, -0.2) is 4.98 Å². The Morgan fingerprint density at radius 2 is 2.19 bits per heavy atom. The summed E-state index contributed by atoms with van der Waals surface area (Å²) >= 11 is 0. The predicted octanol–water partition coefficient (Wildman–Crippen LogP) is 1.25. The first-order valence-corrected chi connectivity index (χ1v) is 4.41. The van der Waals surface area contributed by atoms with Gasteiger partial charge in [0.05, 0.1) is 12.1 Å². The van der Waals surface area contributed by atoms with E-state index >= 15 is 0 Å². The van der Waals surface area contributed by atoms with Crippen LogP contribution in [-0.4, -0.2) is 18.6 Å². The molecule has 0 aliphatic carbocycles. The fourth-order valence-corrected chi connectivity index (χ4v) is 1.01. The average molecular weight is 229 g/mol. The summed E-state index contributed by atoms with van der Waals surface area (Å²) in [6, 6.07) is 0.894. The zero-order valence-electron chi connectivity index (χ0n) is 8.52. The second-order valence-electron chi connectivity index (χ2n) is 2.99. The molecule has 0 amide bonds. The van der Waals surface area contributed by atoms with Crippen LogP contribution in [0.4, 0.5) is 19.0 Å². The van der Waals surface area contributed by atoms with Crippen molar-refractivity contribution < 1.29 is 13.2 Å². The summed E-state index contributed by atoms with van der Waals surface area (Å²) in [6.45, 7) is 0.395. The smallest absolute Gasteiger partial charge is 0.383 e. The van der Waals surface area contributed by atoms with E-state index in [1.165, 1.54) is 6.20 Å². The Hall–Kier alpha value is -1.74. The first-order valence-electron chi connectivity index (χ1n) is 4.41. The van der Waals surface area contributed by atoms with E-state index in [4.69, 9.17) is 5.73 Å². The quantitative estimate of drug-likeness (QED) is 0.713. The van der Waals surface area contributed by atoms with E-state index < -0.39 is 17.6 Å². The number of rotatable bonds is 1. The lowest BCUT2D eigenvalue weighted by Gasteiger charge is -2.08. The van der Waals surface area contributed by atoms with Crippen molar-refractivity contribution >= 4 is 5.82 Å². The van der Waals surface area contributed by atoms with Gasteiger partial charge in [0.15, 0.2) is 0 Å². The van der Waals surface area contributed by atoms with Gasteiger partial charge in [0.2, 0.25) is 0 Å². The minimum Gasteiger partial charge on any atom is -0.383 e. The molecule has 0 aromatic carbocycles. The SMILES string of the molecule is CNCC#Cc1cnc(N)c(C(F)(F)F)c1. The minimum atomic E-state index is -4.50. The first kappa shape index (κ1) is 12.3. The van der Waals surface area contributed by atoms with Crippen LogP contribution in [0.2, 0.25) is 0 Å². The summed E-state index contributed by atoms with van der Waals surface area (Å²) in [5.41, 5.74) is 4.38. The highest BCUT2D eigenvalue weighted by Crippen LogP contribution is 2.32. The van der Waals surface area contributed by atoms with E-state index in [2.05, 4.69) is 22.1 Å². The largest absolute Gasteiger partial charge is 0.419 e. The maximum absolute atomic E-state index is 12.4. The van der Waals surface area contributed by atoms with Gasteiger partial charge in [0.1, 0.15) is 5.82 Å². The molecule has 6 heteroatoms. The van der Waals surface area contributed by atoms with E-state index in [0.29, 0.717) is 6.54 Å². The molecule has 0 saturated heterocycles. The van der Waals surface area contributed by atoms with E-state index in [-0.39, 0.29) is 5.56 Å². The van der Waals surface area contributed by atoms with E-state index in [1.54, 1.807) is 7.05 Å². The molecule has 1 heterocycles. The highest BCUT2D eigenvalue weighted by atomic mass is 19.4. The Bertz CT molecular complexity index is 429.